The van der Waals surface area contributed by atoms with Gasteiger partial charge in [-0.2, -0.15) is 5.26 Å². The Bertz CT molecular complexity index is 397. The predicted octanol–water partition coefficient (Wildman–Crippen LogP) is 3.61. The summed E-state index contributed by atoms with van der Waals surface area (Å²) in [5.74, 6) is 0.628. The zero-order chi connectivity index (χ0) is 10.1. The topological polar surface area (TPSA) is 23.8 Å². The van der Waals surface area contributed by atoms with Crippen LogP contribution in [0, 0.1) is 23.1 Å². The maximum atomic E-state index is 13.2. The molecule has 0 unspecified atom stereocenters. The normalized spacial score (nSPS) is 24.4. The number of nitrogens with zero attached hydrogens (tertiary/aromatic N) is 1. The molecule has 0 spiro atoms. The first-order chi connectivity index (χ1) is 6.72. The fraction of sp³-hybridized carbons (Fsp3) is 0.364. The molecule has 0 heterocycles. The van der Waals surface area contributed by atoms with E-state index in [-0.39, 0.29) is 5.82 Å². The lowest BCUT2D eigenvalue weighted by Gasteiger charge is -2.00. The Morgan fingerprint density at radius 2 is 2.36 bits per heavy atom. The molecule has 14 heavy (non-hydrogen) atoms. The molecule has 1 aromatic carbocycles. The van der Waals surface area contributed by atoms with E-state index in [2.05, 4.69) is 22.0 Å². The minimum atomic E-state index is -0.217. The van der Waals surface area contributed by atoms with Crippen LogP contribution in [0.4, 0.5) is 4.39 Å². The van der Waals surface area contributed by atoms with Crippen LogP contribution in [0.15, 0.2) is 22.7 Å². The molecule has 0 aromatic heterocycles. The maximum Gasteiger partial charge on any atom is 0.137 e. The van der Waals surface area contributed by atoms with Crippen molar-refractivity contribution >= 4 is 15.9 Å². The number of halogens is 2. The summed E-state index contributed by atoms with van der Waals surface area (Å²) in [7, 11) is 0. The molecule has 0 aliphatic heterocycles. The molecule has 1 aliphatic carbocycles. The fourth-order valence-electron chi connectivity index (χ4n) is 1.74. The van der Waals surface area contributed by atoms with Crippen LogP contribution in [-0.4, -0.2) is 0 Å². The van der Waals surface area contributed by atoms with E-state index in [1.807, 2.05) is 6.07 Å². The van der Waals surface area contributed by atoms with Crippen molar-refractivity contribution in [1.29, 1.82) is 5.26 Å². The minimum Gasteiger partial charge on any atom is -0.206 e. The first-order valence-corrected chi connectivity index (χ1v) is 5.33. The quantitative estimate of drug-likeness (QED) is 0.790. The van der Waals surface area contributed by atoms with Crippen LogP contribution in [0.25, 0.3) is 0 Å². The highest BCUT2D eigenvalue weighted by Gasteiger charge is 2.38. The summed E-state index contributed by atoms with van der Waals surface area (Å²) in [6.07, 6.45) is 1.61. The summed E-state index contributed by atoms with van der Waals surface area (Å²) in [6, 6.07) is 7.37. The third-order valence-electron chi connectivity index (χ3n) is 2.65. The number of hydrogen-bond donors (Lipinski definition) is 0. The highest BCUT2D eigenvalue weighted by Crippen LogP contribution is 2.49. The standard InChI is InChI=1S/C11H9BrFN/c12-10-2-1-7(6-11(10)13)9-5-8(9)3-4-14/h1-2,6,8-9H,3,5H2/t8-,9+/m0/s1. The van der Waals surface area contributed by atoms with Crippen molar-refractivity contribution in [3.05, 3.63) is 34.1 Å². The minimum absolute atomic E-state index is 0.217. The number of nitriles is 1. The van der Waals surface area contributed by atoms with Crippen molar-refractivity contribution in [2.45, 2.75) is 18.8 Å². The Morgan fingerprint density at radius 3 is 3.00 bits per heavy atom. The zero-order valence-corrected chi connectivity index (χ0v) is 9.09. The second-order valence-corrected chi connectivity index (χ2v) is 4.49. The molecule has 1 aromatic rings. The summed E-state index contributed by atoms with van der Waals surface area (Å²) in [4.78, 5) is 0. The lowest BCUT2D eigenvalue weighted by Crippen LogP contribution is -1.86. The van der Waals surface area contributed by atoms with Gasteiger partial charge in [-0.05, 0) is 51.9 Å². The lowest BCUT2D eigenvalue weighted by atomic mass is 10.1. The van der Waals surface area contributed by atoms with Crippen molar-refractivity contribution in [1.82, 2.24) is 0 Å². The van der Waals surface area contributed by atoms with Crippen LogP contribution in [0.1, 0.15) is 24.3 Å². The van der Waals surface area contributed by atoms with Gasteiger partial charge in [0.25, 0.3) is 0 Å². The number of benzene rings is 1. The molecule has 0 amide bonds. The van der Waals surface area contributed by atoms with Gasteiger partial charge in [-0.25, -0.2) is 4.39 Å². The van der Waals surface area contributed by atoms with E-state index >= 15 is 0 Å². The Balaban J connectivity index is 2.13. The molecule has 0 N–H and O–H groups in total. The highest BCUT2D eigenvalue weighted by molar-refractivity contribution is 9.10. The van der Waals surface area contributed by atoms with Crippen LogP contribution in [0.3, 0.4) is 0 Å². The average molecular weight is 254 g/mol. The first-order valence-electron chi connectivity index (χ1n) is 4.54. The van der Waals surface area contributed by atoms with E-state index < -0.39 is 0 Å². The highest BCUT2D eigenvalue weighted by atomic mass is 79.9. The van der Waals surface area contributed by atoms with Gasteiger partial charge in [0.15, 0.2) is 0 Å². The fourth-order valence-corrected chi connectivity index (χ4v) is 1.99. The predicted molar refractivity (Wildman–Crippen MR) is 55.2 cm³/mol. The monoisotopic (exact) mass is 253 g/mol. The second kappa shape index (κ2) is 3.70. The van der Waals surface area contributed by atoms with Crippen LogP contribution < -0.4 is 0 Å². The lowest BCUT2D eigenvalue weighted by molar-refractivity contribution is 0.618. The van der Waals surface area contributed by atoms with Crippen molar-refractivity contribution in [2.75, 3.05) is 0 Å². The van der Waals surface area contributed by atoms with E-state index in [1.54, 1.807) is 12.1 Å². The van der Waals surface area contributed by atoms with Crippen LogP contribution >= 0.6 is 15.9 Å². The van der Waals surface area contributed by atoms with E-state index in [9.17, 15) is 4.39 Å². The van der Waals surface area contributed by atoms with E-state index in [0.717, 1.165) is 12.0 Å². The molecule has 3 heteroatoms. The number of rotatable bonds is 2. The maximum absolute atomic E-state index is 13.2. The summed E-state index contributed by atoms with van der Waals surface area (Å²) in [5.41, 5.74) is 1.02. The van der Waals surface area contributed by atoms with Gasteiger partial charge in [-0.3, -0.25) is 0 Å². The van der Waals surface area contributed by atoms with Gasteiger partial charge in [0.05, 0.1) is 10.5 Å². The summed E-state index contributed by atoms with van der Waals surface area (Å²) < 4.78 is 13.7. The molecule has 1 nitrogen and oxygen atoms in total. The van der Waals surface area contributed by atoms with Gasteiger partial charge < -0.3 is 0 Å². The molecule has 0 saturated heterocycles. The van der Waals surface area contributed by atoms with Gasteiger partial charge >= 0.3 is 0 Å². The second-order valence-electron chi connectivity index (χ2n) is 3.64. The third-order valence-corrected chi connectivity index (χ3v) is 3.29. The molecule has 1 saturated carbocycles. The van der Waals surface area contributed by atoms with Crippen molar-refractivity contribution in [2.24, 2.45) is 5.92 Å². The van der Waals surface area contributed by atoms with E-state index in [0.29, 0.717) is 22.7 Å². The summed E-state index contributed by atoms with van der Waals surface area (Å²) >= 11 is 3.12. The molecule has 1 fully saturated rings. The molecular formula is C11H9BrFN. The Kier molecular flexibility index (Phi) is 2.56. The van der Waals surface area contributed by atoms with E-state index in [4.69, 9.17) is 5.26 Å². The summed E-state index contributed by atoms with van der Waals surface area (Å²) in [6.45, 7) is 0. The van der Waals surface area contributed by atoms with Gasteiger partial charge in [0, 0.05) is 6.42 Å². The first kappa shape index (κ1) is 9.67. The van der Waals surface area contributed by atoms with Crippen LogP contribution in [0.2, 0.25) is 0 Å². The van der Waals surface area contributed by atoms with Crippen molar-refractivity contribution < 1.29 is 4.39 Å². The molecular weight excluding hydrogens is 245 g/mol. The molecule has 1 aliphatic rings. The van der Waals surface area contributed by atoms with Gasteiger partial charge in [0.1, 0.15) is 5.82 Å². The van der Waals surface area contributed by atoms with Crippen LogP contribution in [-0.2, 0) is 0 Å². The van der Waals surface area contributed by atoms with Crippen molar-refractivity contribution in [3.8, 4) is 6.07 Å². The molecule has 2 atom stereocenters. The smallest absolute Gasteiger partial charge is 0.137 e. The van der Waals surface area contributed by atoms with Crippen LogP contribution in [0.5, 0.6) is 0 Å². The number of hydrogen-bond acceptors (Lipinski definition) is 1. The molecule has 2 rings (SSSR count). The van der Waals surface area contributed by atoms with E-state index in [1.165, 1.54) is 0 Å². The Labute approximate surface area is 90.7 Å². The Hall–Kier alpha value is -0.880. The van der Waals surface area contributed by atoms with Gasteiger partial charge in [-0.1, -0.05) is 6.07 Å². The Morgan fingerprint density at radius 1 is 1.57 bits per heavy atom. The summed E-state index contributed by atoms with van der Waals surface area (Å²) in [5, 5.41) is 8.51. The SMILES string of the molecule is N#CC[C@H]1C[C@@H]1c1ccc(Br)c(F)c1. The largest absolute Gasteiger partial charge is 0.206 e. The molecule has 0 bridgehead atoms. The van der Waals surface area contributed by atoms with Gasteiger partial charge in [-0.15, -0.1) is 0 Å². The van der Waals surface area contributed by atoms with Gasteiger partial charge in [0.2, 0.25) is 0 Å². The molecule has 72 valence electrons. The van der Waals surface area contributed by atoms with Crippen molar-refractivity contribution in [3.63, 3.8) is 0 Å². The zero-order valence-electron chi connectivity index (χ0n) is 7.50. The molecule has 0 radical (unpaired) electrons. The third kappa shape index (κ3) is 1.80. The average Bonchev–Trinajstić information content (AvgIpc) is 2.90.